The summed E-state index contributed by atoms with van der Waals surface area (Å²) in [6.07, 6.45) is 0. The van der Waals surface area contributed by atoms with Crippen molar-refractivity contribution in [1.82, 2.24) is 9.88 Å². The Morgan fingerprint density at radius 3 is 2.31 bits per heavy atom. The molecule has 0 aliphatic carbocycles. The molecule has 29 heavy (non-hydrogen) atoms. The number of aryl methyl sites for hydroxylation is 1. The van der Waals surface area contributed by atoms with Gasteiger partial charge >= 0.3 is 0 Å². The number of piperazine rings is 1. The summed E-state index contributed by atoms with van der Waals surface area (Å²) in [4.78, 5) is 20.9. The predicted octanol–water partition coefficient (Wildman–Crippen LogP) is 4.83. The normalized spacial score (nSPS) is 14.9. The van der Waals surface area contributed by atoms with Gasteiger partial charge in [0.15, 0.2) is 5.78 Å². The van der Waals surface area contributed by atoms with E-state index in [1.165, 1.54) is 0 Å². The van der Waals surface area contributed by atoms with Gasteiger partial charge in [0.05, 0.1) is 5.69 Å². The van der Waals surface area contributed by atoms with E-state index in [4.69, 9.17) is 21.0 Å². The summed E-state index contributed by atoms with van der Waals surface area (Å²) >= 11 is 5.97. The van der Waals surface area contributed by atoms with Crippen molar-refractivity contribution in [3.63, 3.8) is 0 Å². The predicted molar refractivity (Wildman–Crippen MR) is 116 cm³/mol. The third-order valence-corrected chi connectivity index (χ3v) is 5.62. The van der Waals surface area contributed by atoms with Crippen LogP contribution in [0.25, 0.3) is 11.5 Å². The van der Waals surface area contributed by atoms with Crippen LogP contribution in [-0.4, -0.2) is 41.8 Å². The molecule has 2 heterocycles. The highest BCUT2D eigenvalue weighted by Crippen LogP contribution is 2.25. The van der Waals surface area contributed by atoms with Crippen LogP contribution in [0.3, 0.4) is 0 Å². The lowest BCUT2D eigenvalue weighted by Crippen LogP contribution is -2.46. The molecular weight excluding hydrogens is 386 g/mol. The third kappa shape index (κ3) is 4.52. The zero-order chi connectivity index (χ0) is 20.4. The highest BCUT2D eigenvalue weighted by atomic mass is 35.5. The van der Waals surface area contributed by atoms with Crippen LogP contribution in [0.15, 0.2) is 52.9 Å². The van der Waals surface area contributed by atoms with Crippen LogP contribution in [0.5, 0.6) is 0 Å². The average molecular weight is 410 g/mol. The van der Waals surface area contributed by atoms with Gasteiger partial charge in [0, 0.05) is 54.6 Å². The molecule has 0 unspecified atom stereocenters. The van der Waals surface area contributed by atoms with Gasteiger partial charge in [-0.15, -0.1) is 0 Å². The molecule has 6 heteroatoms. The Morgan fingerprint density at radius 2 is 1.69 bits per heavy atom. The lowest BCUT2D eigenvalue weighted by Gasteiger charge is -2.35. The van der Waals surface area contributed by atoms with Gasteiger partial charge in [-0.05, 0) is 62.4 Å². The summed E-state index contributed by atoms with van der Waals surface area (Å²) in [6.45, 7) is 8.14. The van der Waals surface area contributed by atoms with Crippen LogP contribution in [-0.2, 0) is 6.54 Å². The number of halogens is 1. The quantitative estimate of drug-likeness (QED) is 0.565. The molecule has 0 atom stereocenters. The zero-order valence-corrected chi connectivity index (χ0v) is 17.4. The van der Waals surface area contributed by atoms with E-state index >= 15 is 0 Å². The van der Waals surface area contributed by atoms with E-state index in [2.05, 4.69) is 9.80 Å². The van der Waals surface area contributed by atoms with Gasteiger partial charge in [0.2, 0.25) is 5.89 Å². The lowest BCUT2D eigenvalue weighted by atomic mass is 10.1. The maximum atomic E-state index is 11.4. The molecular formula is C23H24ClN3O2. The number of carbonyl (C=O) groups excluding carboxylic acids is 1. The van der Waals surface area contributed by atoms with Crippen LogP contribution in [0, 0.1) is 6.92 Å². The minimum atomic E-state index is 0.0994. The largest absolute Gasteiger partial charge is 0.441 e. The maximum absolute atomic E-state index is 11.4. The number of benzene rings is 2. The number of oxazole rings is 1. The second kappa shape index (κ2) is 8.39. The summed E-state index contributed by atoms with van der Waals surface area (Å²) in [6, 6.07) is 15.4. The Hall–Kier alpha value is -2.63. The number of hydrogen-bond donors (Lipinski definition) is 0. The number of hydrogen-bond acceptors (Lipinski definition) is 5. The molecule has 0 N–H and O–H groups in total. The standard InChI is InChI=1S/C23H24ClN3O2/c1-16(28)18-5-9-21(10-6-18)27-13-11-26(12-14-27)15-22-17(2)29-23(25-22)19-3-7-20(24)8-4-19/h3-10H,11-15H2,1-2H3. The highest BCUT2D eigenvalue weighted by molar-refractivity contribution is 6.30. The fourth-order valence-corrected chi connectivity index (χ4v) is 3.70. The number of aromatic nitrogens is 1. The van der Waals surface area contributed by atoms with E-state index in [1.54, 1.807) is 6.92 Å². The number of ketones is 1. The summed E-state index contributed by atoms with van der Waals surface area (Å²) in [7, 11) is 0. The van der Waals surface area contributed by atoms with Gasteiger partial charge in [0.1, 0.15) is 5.76 Å². The van der Waals surface area contributed by atoms with Crippen molar-refractivity contribution in [2.75, 3.05) is 31.1 Å². The molecule has 1 aliphatic heterocycles. The first-order valence-corrected chi connectivity index (χ1v) is 10.2. The molecule has 0 bridgehead atoms. The van der Waals surface area contributed by atoms with Gasteiger partial charge < -0.3 is 9.32 Å². The number of Topliss-reactive ketones (excluding diaryl/α,β-unsaturated/α-hetero) is 1. The minimum absolute atomic E-state index is 0.0994. The van der Waals surface area contributed by atoms with Gasteiger partial charge in [-0.1, -0.05) is 11.6 Å². The molecule has 1 saturated heterocycles. The molecule has 3 aromatic rings. The van der Waals surface area contributed by atoms with Crippen LogP contribution < -0.4 is 4.90 Å². The van der Waals surface area contributed by atoms with Gasteiger partial charge in [-0.25, -0.2) is 4.98 Å². The zero-order valence-electron chi connectivity index (χ0n) is 16.7. The Morgan fingerprint density at radius 1 is 1.03 bits per heavy atom. The Balaban J connectivity index is 1.37. The molecule has 5 nitrogen and oxygen atoms in total. The molecule has 2 aromatic carbocycles. The van der Waals surface area contributed by atoms with Crippen LogP contribution >= 0.6 is 11.6 Å². The first-order chi connectivity index (χ1) is 14.0. The van der Waals surface area contributed by atoms with E-state index < -0.39 is 0 Å². The van der Waals surface area contributed by atoms with Gasteiger partial charge in [0.25, 0.3) is 0 Å². The summed E-state index contributed by atoms with van der Waals surface area (Å²) < 4.78 is 5.88. The third-order valence-electron chi connectivity index (χ3n) is 5.37. The Kier molecular flexibility index (Phi) is 5.69. The molecule has 0 radical (unpaired) electrons. The maximum Gasteiger partial charge on any atom is 0.226 e. The molecule has 1 fully saturated rings. The smallest absolute Gasteiger partial charge is 0.226 e. The molecule has 4 rings (SSSR count). The average Bonchev–Trinajstić information content (AvgIpc) is 3.09. The number of rotatable bonds is 5. The van der Waals surface area contributed by atoms with E-state index in [1.807, 2.05) is 55.5 Å². The highest BCUT2D eigenvalue weighted by Gasteiger charge is 2.20. The van der Waals surface area contributed by atoms with Crippen molar-refractivity contribution >= 4 is 23.1 Å². The fraction of sp³-hybridized carbons (Fsp3) is 0.304. The SMILES string of the molecule is CC(=O)c1ccc(N2CCN(Cc3nc(-c4ccc(Cl)cc4)oc3C)CC2)cc1. The van der Waals surface area contributed by atoms with Crippen molar-refractivity contribution in [3.05, 3.63) is 70.6 Å². The number of anilines is 1. The molecule has 0 saturated carbocycles. The second-order valence-electron chi connectivity index (χ2n) is 7.40. The molecule has 150 valence electrons. The van der Waals surface area contributed by atoms with E-state index in [9.17, 15) is 4.79 Å². The van der Waals surface area contributed by atoms with Crippen molar-refractivity contribution in [1.29, 1.82) is 0 Å². The van der Waals surface area contributed by atoms with Crippen molar-refractivity contribution in [2.45, 2.75) is 20.4 Å². The summed E-state index contributed by atoms with van der Waals surface area (Å²) in [5.74, 6) is 1.60. The Labute approximate surface area is 175 Å². The first kappa shape index (κ1) is 19.7. The van der Waals surface area contributed by atoms with Crippen LogP contribution in [0.1, 0.15) is 28.7 Å². The van der Waals surface area contributed by atoms with Crippen LogP contribution in [0.2, 0.25) is 5.02 Å². The van der Waals surface area contributed by atoms with Crippen molar-refractivity contribution in [2.24, 2.45) is 0 Å². The van der Waals surface area contributed by atoms with Crippen LogP contribution in [0.4, 0.5) is 5.69 Å². The minimum Gasteiger partial charge on any atom is -0.441 e. The van der Waals surface area contributed by atoms with Gasteiger partial charge in [-0.3, -0.25) is 9.69 Å². The number of carbonyl (C=O) groups is 1. The lowest BCUT2D eigenvalue weighted by molar-refractivity contribution is 0.101. The number of nitrogens with zero attached hydrogens (tertiary/aromatic N) is 3. The molecule has 0 spiro atoms. The van der Waals surface area contributed by atoms with Crippen molar-refractivity contribution < 1.29 is 9.21 Å². The fourth-order valence-electron chi connectivity index (χ4n) is 3.57. The molecule has 0 amide bonds. The summed E-state index contributed by atoms with van der Waals surface area (Å²) in [5, 5.41) is 0.700. The monoisotopic (exact) mass is 409 g/mol. The van der Waals surface area contributed by atoms with Crippen molar-refractivity contribution in [3.8, 4) is 11.5 Å². The summed E-state index contributed by atoms with van der Waals surface area (Å²) in [5.41, 5.74) is 3.83. The van der Waals surface area contributed by atoms with E-state index in [0.717, 1.165) is 61.0 Å². The molecule has 1 aromatic heterocycles. The van der Waals surface area contributed by atoms with E-state index in [-0.39, 0.29) is 5.78 Å². The first-order valence-electron chi connectivity index (χ1n) is 9.80. The van der Waals surface area contributed by atoms with Gasteiger partial charge in [-0.2, -0.15) is 0 Å². The second-order valence-corrected chi connectivity index (χ2v) is 7.83. The Bertz CT molecular complexity index is 988. The molecule has 1 aliphatic rings. The van der Waals surface area contributed by atoms with E-state index in [0.29, 0.717) is 10.9 Å². The topological polar surface area (TPSA) is 49.6 Å².